The van der Waals surface area contributed by atoms with E-state index in [9.17, 15) is 14.7 Å². The Balaban J connectivity index is 2.01. The number of hydrogen-bond donors (Lipinski definition) is 3. The molecule has 1 aliphatic carbocycles. The summed E-state index contributed by atoms with van der Waals surface area (Å²) in [6.45, 7) is 1.61. The number of nitrogens with one attached hydrogen (secondary N) is 1. The molecule has 0 radical (unpaired) electrons. The zero-order valence-corrected chi connectivity index (χ0v) is 11.2. The molecule has 0 bridgehead atoms. The van der Waals surface area contributed by atoms with Gasteiger partial charge in [-0.25, -0.2) is 9.59 Å². The van der Waals surface area contributed by atoms with Crippen LogP contribution in [-0.4, -0.2) is 45.3 Å². The SMILES string of the molecule is CC(O)C(NC(=O)N(Cc1ccco1)C1CC1)C(=O)O. The van der Waals surface area contributed by atoms with E-state index in [4.69, 9.17) is 9.52 Å². The molecule has 2 unspecified atom stereocenters. The Labute approximate surface area is 116 Å². The summed E-state index contributed by atoms with van der Waals surface area (Å²) in [5.41, 5.74) is 0. The molecule has 2 rings (SSSR count). The molecule has 0 aliphatic heterocycles. The summed E-state index contributed by atoms with van der Waals surface area (Å²) < 4.78 is 5.20. The molecule has 1 fully saturated rings. The van der Waals surface area contributed by atoms with E-state index in [1.807, 2.05) is 0 Å². The van der Waals surface area contributed by atoms with Gasteiger partial charge < -0.3 is 24.8 Å². The third kappa shape index (κ3) is 3.51. The highest BCUT2D eigenvalue weighted by Gasteiger charge is 2.35. The predicted octanol–water partition coefficient (Wildman–Crippen LogP) is 0.788. The minimum Gasteiger partial charge on any atom is -0.480 e. The molecule has 0 spiro atoms. The number of amides is 2. The smallest absolute Gasteiger partial charge is 0.328 e. The lowest BCUT2D eigenvalue weighted by Gasteiger charge is -2.25. The second-order valence-corrected chi connectivity index (χ2v) is 4.94. The lowest BCUT2D eigenvalue weighted by Crippen LogP contribution is -2.52. The van der Waals surface area contributed by atoms with E-state index in [1.54, 1.807) is 12.1 Å². The monoisotopic (exact) mass is 282 g/mol. The van der Waals surface area contributed by atoms with Crippen LogP contribution in [0.3, 0.4) is 0 Å². The first-order valence-corrected chi connectivity index (χ1v) is 6.49. The van der Waals surface area contributed by atoms with Crippen LogP contribution in [0.4, 0.5) is 4.79 Å². The van der Waals surface area contributed by atoms with Crippen molar-refractivity contribution in [2.45, 2.75) is 44.5 Å². The number of aliphatic hydroxyl groups is 1. The average Bonchev–Trinajstić information content (AvgIpc) is 3.09. The molecule has 1 aliphatic rings. The van der Waals surface area contributed by atoms with Gasteiger partial charge in [-0.05, 0) is 31.9 Å². The summed E-state index contributed by atoms with van der Waals surface area (Å²) in [6, 6.07) is 1.77. The number of hydrogen-bond acceptors (Lipinski definition) is 4. The second kappa shape index (κ2) is 5.96. The van der Waals surface area contributed by atoms with E-state index in [0.717, 1.165) is 12.8 Å². The van der Waals surface area contributed by atoms with Gasteiger partial charge in [0.1, 0.15) is 5.76 Å². The van der Waals surface area contributed by atoms with Crippen molar-refractivity contribution in [3.8, 4) is 0 Å². The molecule has 0 saturated heterocycles. The molecule has 1 aromatic heterocycles. The summed E-state index contributed by atoms with van der Waals surface area (Å²) in [7, 11) is 0. The van der Waals surface area contributed by atoms with E-state index in [0.29, 0.717) is 5.76 Å². The largest absolute Gasteiger partial charge is 0.480 e. The summed E-state index contributed by atoms with van der Waals surface area (Å²) in [5.74, 6) is -0.627. The van der Waals surface area contributed by atoms with Crippen LogP contribution >= 0.6 is 0 Å². The molecule has 2 atom stereocenters. The van der Waals surface area contributed by atoms with Gasteiger partial charge in [0.25, 0.3) is 0 Å². The lowest BCUT2D eigenvalue weighted by atomic mass is 10.2. The number of carbonyl (C=O) groups is 2. The van der Waals surface area contributed by atoms with Crippen LogP contribution in [0.15, 0.2) is 22.8 Å². The van der Waals surface area contributed by atoms with Crippen LogP contribution in [0.1, 0.15) is 25.5 Å². The van der Waals surface area contributed by atoms with Crippen molar-refractivity contribution in [1.29, 1.82) is 0 Å². The Morgan fingerprint density at radius 3 is 2.70 bits per heavy atom. The van der Waals surface area contributed by atoms with Gasteiger partial charge in [-0.3, -0.25) is 0 Å². The fourth-order valence-corrected chi connectivity index (χ4v) is 1.93. The minimum atomic E-state index is -1.32. The summed E-state index contributed by atoms with van der Waals surface area (Å²) in [6.07, 6.45) is 2.14. The molecule has 110 valence electrons. The van der Waals surface area contributed by atoms with Crippen molar-refractivity contribution >= 4 is 12.0 Å². The Morgan fingerprint density at radius 2 is 2.25 bits per heavy atom. The molecule has 1 heterocycles. The van der Waals surface area contributed by atoms with Crippen molar-refractivity contribution in [3.63, 3.8) is 0 Å². The van der Waals surface area contributed by atoms with Crippen LogP contribution < -0.4 is 5.32 Å². The fraction of sp³-hybridized carbons (Fsp3) is 0.538. The maximum atomic E-state index is 12.2. The van der Waals surface area contributed by atoms with Crippen molar-refractivity contribution in [3.05, 3.63) is 24.2 Å². The molecular weight excluding hydrogens is 264 g/mol. The van der Waals surface area contributed by atoms with E-state index in [1.165, 1.54) is 18.1 Å². The third-order valence-electron chi connectivity index (χ3n) is 3.18. The predicted molar refractivity (Wildman–Crippen MR) is 68.9 cm³/mol. The first kappa shape index (κ1) is 14.4. The fourth-order valence-electron chi connectivity index (χ4n) is 1.93. The van der Waals surface area contributed by atoms with E-state index in [2.05, 4.69) is 5.32 Å². The van der Waals surface area contributed by atoms with Gasteiger partial charge >= 0.3 is 12.0 Å². The van der Waals surface area contributed by atoms with Gasteiger partial charge in [0.2, 0.25) is 0 Å². The number of carboxylic acid groups (broad SMARTS) is 1. The zero-order valence-electron chi connectivity index (χ0n) is 11.2. The van der Waals surface area contributed by atoms with Crippen molar-refractivity contribution in [2.24, 2.45) is 0 Å². The molecule has 1 saturated carbocycles. The number of aliphatic hydroxyl groups excluding tert-OH is 1. The molecule has 0 aromatic carbocycles. The van der Waals surface area contributed by atoms with Gasteiger partial charge in [0.15, 0.2) is 6.04 Å². The lowest BCUT2D eigenvalue weighted by molar-refractivity contribution is -0.141. The number of nitrogens with zero attached hydrogens (tertiary/aromatic N) is 1. The summed E-state index contributed by atoms with van der Waals surface area (Å²) in [4.78, 5) is 24.7. The van der Waals surface area contributed by atoms with E-state index < -0.39 is 24.1 Å². The van der Waals surface area contributed by atoms with Crippen LogP contribution in [-0.2, 0) is 11.3 Å². The number of furan rings is 1. The van der Waals surface area contributed by atoms with Crippen LogP contribution in [0.25, 0.3) is 0 Å². The molecular formula is C13H18N2O5. The molecule has 3 N–H and O–H groups in total. The quantitative estimate of drug-likeness (QED) is 0.715. The summed E-state index contributed by atoms with van der Waals surface area (Å²) in [5, 5.41) is 20.7. The normalized spacial score (nSPS) is 17.3. The molecule has 7 nitrogen and oxygen atoms in total. The number of rotatable bonds is 6. The highest BCUT2D eigenvalue weighted by molar-refractivity contribution is 5.83. The number of aliphatic carboxylic acids is 1. The molecule has 2 amide bonds. The summed E-state index contributed by atoms with van der Waals surface area (Å²) >= 11 is 0. The van der Waals surface area contributed by atoms with Crippen LogP contribution in [0.5, 0.6) is 0 Å². The van der Waals surface area contributed by atoms with Crippen molar-refractivity contribution in [2.75, 3.05) is 0 Å². The number of carbonyl (C=O) groups excluding carboxylic acids is 1. The Morgan fingerprint density at radius 1 is 1.55 bits per heavy atom. The van der Waals surface area contributed by atoms with Gasteiger partial charge in [-0.1, -0.05) is 0 Å². The third-order valence-corrected chi connectivity index (χ3v) is 3.18. The average molecular weight is 282 g/mol. The Bertz CT molecular complexity index is 467. The van der Waals surface area contributed by atoms with Crippen LogP contribution in [0, 0.1) is 0 Å². The molecule has 1 aromatic rings. The van der Waals surface area contributed by atoms with E-state index in [-0.39, 0.29) is 12.6 Å². The van der Waals surface area contributed by atoms with Crippen molar-refractivity contribution < 1.29 is 24.2 Å². The van der Waals surface area contributed by atoms with Crippen LogP contribution in [0.2, 0.25) is 0 Å². The maximum Gasteiger partial charge on any atom is 0.328 e. The van der Waals surface area contributed by atoms with Gasteiger partial charge in [-0.15, -0.1) is 0 Å². The zero-order chi connectivity index (χ0) is 14.7. The molecule has 7 heteroatoms. The Hall–Kier alpha value is -2.02. The maximum absolute atomic E-state index is 12.2. The molecule has 20 heavy (non-hydrogen) atoms. The van der Waals surface area contributed by atoms with Crippen molar-refractivity contribution in [1.82, 2.24) is 10.2 Å². The van der Waals surface area contributed by atoms with Gasteiger partial charge in [-0.2, -0.15) is 0 Å². The standard InChI is InChI=1S/C13H18N2O5/c1-8(16)11(12(17)18)14-13(19)15(9-4-5-9)7-10-3-2-6-20-10/h2-3,6,8-9,11,16H,4-5,7H2,1H3,(H,14,19)(H,17,18). The second-order valence-electron chi connectivity index (χ2n) is 4.94. The number of carboxylic acids is 1. The minimum absolute atomic E-state index is 0.101. The highest BCUT2D eigenvalue weighted by Crippen LogP contribution is 2.28. The van der Waals surface area contributed by atoms with E-state index >= 15 is 0 Å². The van der Waals surface area contributed by atoms with Gasteiger partial charge in [0, 0.05) is 6.04 Å². The Kier molecular flexibility index (Phi) is 4.29. The first-order chi connectivity index (χ1) is 9.49. The first-order valence-electron chi connectivity index (χ1n) is 6.49. The van der Waals surface area contributed by atoms with Gasteiger partial charge in [0.05, 0.1) is 18.9 Å². The number of urea groups is 1. The highest BCUT2D eigenvalue weighted by atomic mass is 16.4. The topological polar surface area (TPSA) is 103 Å².